The van der Waals surface area contributed by atoms with Gasteiger partial charge in [-0.25, -0.2) is 9.78 Å². The highest BCUT2D eigenvalue weighted by atomic mass is 16.2. The summed E-state index contributed by atoms with van der Waals surface area (Å²) in [5.74, 6) is 0.720. The lowest BCUT2D eigenvalue weighted by molar-refractivity contribution is -0.118. The molecule has 0 atom stereocenters. The van der Waals surface area contributed by atoms with Gasteiger partial charge in [-0.1, -0.05) is 6.07 Å². The number of benzene rings is 1. The minimum absolute atomic E-state index is 0.0822. The first-order valence-electron chi connectivity index (χ1n) is 9.03. The summed E-state index contributed by atoms with van der Waals surface area (Å²) in [6, 6.07) is 7.39. The maximum atomic E-state index is 12.3. The average molecular weight is 368 g/mol. The summed E-state index contributed by atoms with van der Waals surface area (Å²) in [5.41, 5.74) is 4.14. The van der Waals surface area contributed by atoms with Crippen LogP contribution in [0.4, 0.5) is 22.2 Å². The van der Waals surface area contributed by atoms with Gasteiger partial charge in [0.25, 0.3) is 0 Å². The highest BCUT2D eigenvalue weighted by molar-refractivity contribution is 5.98. The maximum absolute atomic E-state index is 12.3. The van der Waals surface area contributed by atoms with Crippen molar-refractivity contribution in [1.82, 2.24) is 15.3 Å². The van der Waals surface area contributed by atoms with E-state index in [1.807, 2.05) is 19.1 Å². The van der Waals surface area contributed by atoms with Crippen molar-refractivity contribution in [3.8, 4) is 0 Å². The molecule has 0 aliphatic heterocycles. The van der Waals surface area contributed by atoms with Crippen molar-refractivity contribution in [1.29, 1.82) is 0 Å². The average Bonchev–Trinajstić information content (AvgIpc) is 3.05. The third kappa shape index (κ3) is 5.40. The third-order valence-electron chi connectivity index (χ3n) is 4.24. The molecule has 8 heteroatoms. The van der Waals surface area contributed by atoms with E-state index in [4.69, 9.17) is 0 Å². The lowest BCUT2D eigenvalue weighted by Crippen LogP contribution is -2.26. The van der Waals surface area contributed by atoms with Crippen LogP contribution in [-0.2, 0) is 17.6 Å². The number of rotatable bonds is 6. The number of aryl methyl sites for hydroxylation is 3. The zero-order valence-electron chi connectivity index (χ0n) is 15.6. The Hall–Kier alpha value is -3.16. The molecule has 142 valence electrons. The zero-order valence-corrected chi connectivity index (χ0v) is 15.6. The minimum atomic E-state index is -0.386. The Balaban J connectivity index is 1.57. The molecule has 8 nitrogen and oxygen atoms in total. The van der Waals surface area contributed by atoms with E-state index in [1.165, 1.54) is 24.5 Å². The van der Waals surface area contributed by atoms with Gasteiger partial charge in [0.1, 0.15) is 5.82 Å². The van der Waals surface area contributed by atoms with Crippen LogP contribution in [0, 0.1) is 6.92 Å². The third-order valence-corrected chi connectivity index (χ3v) is 4.24. The number of amides is 3. The topological polar surface area (TPSA) is 108 Å². The van der Waals surface area contributed by atoms with Crippen LogP contribution in [0.3, 0.4) is 0 Å². The number of carbonyl (C=O) groups is 2. The fraction of sp³-hybridized carbons (Fsp3) is 0.368. The van der Waals surface area contributed by atoms with E-state index >= 15 is 0 Å². The number of aromatic nitrogens is 2. The Bertz CT molecular complexity index is 852. The van der Waals surface area contributed by atoms with Gasteiger partial charge in [-0.2, -0.15) is 4.98 Å². The molecule has 1 aliphatic rings. The predicted octanol–water partition coefficient (Wildman–Crippen LogP) is 2.47. The lowest BCUT2D eigenvalue weighted by atomic mass is 10.1. The van der Waals surface area contributed by atoms with Gasteiger partial charge in [0.15, 0.2) is 0 Å². The number of hydrogen-bond acceptors (Lipinski definition) is 5. The standard InChI is InChI=1S/C19H24N6O2/c1-12-10-17(21-9-8-20-13(2)26)24-18(22-12)25-19(27)23-16-7-6-14-4-3-5-15(14)11-16/h6-7,10-11H,3-5,8-9H2,1-2H3,(H,20,26)(H3,21,22,23,24,25,27). The first kappa shape index (κ1) is 18.6. The summed E-state index contributed by atoms with van der Waals surface area (Å²) in [5, 5.41) is 11.3. The molecule has 0 saturated heterocycles. The van der Waals surface area contributed by atoms with Crippen LogP contribution in [0.15, 0.2) is 24.3 Å². The Morgan fingerprint density at radius 1 is 1.04 bits per heavy atom. The Morgan fingerprint density at radius 2 is 1.85 bits per heavy atom. The Morgan fingerprint density at radius 3 is 2.67 bits per heavy atom. The molecule has 0 spiro atoms. The van der Waals surface area contributed by atoms with Crippen molar-refractivity contribution < 1.29 is 9.59 Å². The van der Waals surface area contributed by atoms with Gasteiger partial charge in [0.2, 0.25) is 11.9 Å². The molecule has 3 amide bonds. The summed E-state index contributed by atoms with van der Waals surface area (Å²) in [7, 11) is 0. The van der Waals surface area contributed by atoms with Crippen LogP contribution in [0.5, 0.6) is 0 Å². The molecule has 4 N–H and O–H groups in total. The first-order chi connectivity index (χ1) is 13.0. The van der Waals surface area contributed by atoms with Gasteiger partial charge >= 0.3 is 6.03 Å². The zero-order chi connectivity index (χ0) is 19.2. The lowest BCUT2D eigenvalue weighted by Gasteiger charge is -2.11. The Labute approximate surface area is 158 Å². The quantitative estimate of drug-likeness (QED) is 0.586. The molecule has 1 aromatic carbocycles. The first-order valence-corrected chi connectivity index (χ1v) is 9.03. The largest absolute Gasteiger partial charge is 0.368 e. The van der Waals surface area contributed by atoms with E-state index in [0.29, 0.717) is 18.9 Å². The van der Waals surface area contributed by atoms with E-state index in [9.17, 15) is 9.59 Å². The van der Waals surface area contributed by atoms with E-state index in [-0.39, 0.29) is 17.9 Å². The van der Waals surface area contributed by atoms with Crippen molar-refractivity contribution in [3.63, 3.8) is 0 Å². The van der Waals surface area contributed by atoms with Gasteiger partial charge in [-0.3, -0.25) is 10.1 Å². The molecule has 1 aliphatic carbocycles. The van der Waals surface area contributed by atoms with Crippen molar-refractivity contribution in [3.05, 3.63) is 41.1 Å². The molecular weight excluding hydrogens is 344 g/mol. The minimum Gasteiger partial charge on any atom is -0.368 e. The van der Waals surface area contributed by atoms with Crippen molar-refractivity contribution in [2.45, 2.75) is 33.1 Å². The van der Waals surface area contributed by atoms with E-state index < -0.39 is 0 Å². The second-order valence-corrected chi connectivity index (χ2v) is 6.54. The number of fused-ring (bicyclic) bond motifs is 1. The molecule has 1 heterocycles. The summed E-state index contributed by atoms with van der Waals surface area (Å²) >= 11 is 0. The summed E-state index contributed by atoms with van der Waals surface area (Å²) in [6.07, 6.45) is 3.33. The summed E-state index contributed by atoms with van der Waals surface area (Å²) < 4.78 is 0. The molecule has 2 aromatic rings. The van der Waals surface area contributed by atoms with Crippen LogP contribution in [0.2, 0.25) is 0 Å². The van der Waals surface area contributed by atoms with Crippen LogP contribution in [0.25, 0.3) is 0 Å². The van der Waals surface area contributed by atoms with Gasteiger partial charge in [0, 0.05) is 37.5 Å². The van der Waals surface area contributed by atoms with Crippen LogP contribution in [-0.4, -0.2) is 35.0 Å². The number of hydrogen-bond donors (Lipinski definition) is 4. The second kappa shape index (κ2) is 8.48. The van der Waals surface area contributed by atoms with Crippen LogP contribution < -0.4 is 21.3 Å². The number of nitrogens with one attached hydrogen (secondary N) is 4. The maximum Gasteiger partial charge on any atom is 0.326 e. The molecule has 27 heavy (non-hydrogen) atoms. The molecule has 3 rings (SSSR count). The fourth-order valence-electron chi connectivity index (χ4n) is 3.06. The molecule has 0 fully saturated rings. The molecule has 0 bridgehead atoms. The van der Waals surface area contributed by atoms with Gasteiger partial charge in [-0.05, 0) is 49.4 Å². The fourth-order valence-corrected chi connectivity index (χ4v) is 3.06. The van der Waals surface area contributed by atoms with Gasteiger partial charge in [0.05, 0.1) is 0 Å². The number of nitrogens with zero attached hydrogens (tertiary/aromatic N) is 2. The Kier molecular flexibility index (Phi) is 5.85. The highest BCUT2D eigenvalue weighted by Gasteiger charge is 2.12. The molecular formula is C19H24N6O2. The number of anilines is 3. The monoisotopic (exact) mass is 368 g/mol. The van der Waals surface area contributed by atoms with Crippen LogP contribution in [0.1, 0.15) is 30.2 Å². The number of urea groups is 1. The van der Waals surface area contributed by atoms with E-state index in [2.05, 4.69) is 37.3 Å². The van der Waals surface area contributed by atoms with Crippen LogP contribution >= 0.6 is 0 Å². The van der Waals surface area contributed by atoms with Gasteiger partial charge < -0.3 is 16.0 Å². The molecule has 0 radical (unpaired) electrons. The van der Waals surface area contributed by atoms with Gasteiger partial charge in [-0.15, -0.1) is 0 Å². The normalized spacial score (nSPS) is 12.2. The predicted molar refractivity (Wildman–Crippen MR) is 105 cm³/mol. The number of carbonyl (C=O) groups excluding carboxylic acids is 2. The SMILES string of the molecule is CC(=O)NCCNc1cc(C)nc(NC(=O)Nc2ccc3c(c2)CCC3)n1. The summed E-state index contributed by atoms with van der Waals surface area (Å²) in [6.45, 7) is 4.30. The summed E-state index contributed by atoms with van der Waals surface area (Å²) in [4.78, 5) is 31.7. The second-order valence-electron chi connectivity index (χ2n) is 6.54. The van der Waals surface area contributed by atoms with Crippen molar-refractivity contribution in [2.75, 3.05) is 29.0 Å². The van der Waals surface area contributed by atoms with Crippen molar-refractivity contribution in [2.24, 2.45) is 0 Å². The van der Waals surface area contributed by atoms with E-state index in [0.717, 1.165) is 24.2 Å². The highest BCUT2D eigenvalue weighted by Crippen LogP contribution is 2.24. The van der Waals surface area contributed by atoms with Crippen molar-refractivity contribution >= 4 is 29.4 Å². The smallest absolute Gasteiger partial charge is 0.326 e. The molecule has 0 saturated carbocycles. The van der Waals surface area contributed by atoms with E-state index in [1.54, 1.807) is 6.07 Å². The molecule has 0 unspecified atom stereocenters. The molecule has 1 aromatic heterocycles.